The highest BCUT2D eigenvalue weighted by atomic mass is 16.5. The number of benzene rings is 2. The zero-order chi connectivity index (χ0) is 24.1. The van der Waals surface area contributed by atoms with E-state index >= 15 is 0 Å². The summed E-state index contributed by atoms with van der Waals surface area (Å²) < 4.78 is 10.4. The number of Topliss-reactive ketones (excluding diaryl/α,β-unsaturated/α-hetero) is 1. The van der Waals surface area contributed by atoms with E-state index in [1.165, 1.54) is 31.3 Å². The Hall–Kier alpha value is -3.52. The maximum atomic E-state index is 13.1. The molecule has 1 unspecified atom stereocenters. The molecule has 0 aromatic heterocycles. The van der Waals surface area contributed by atoms with Crippen LogP contribution in [-0.2, 0) is 9.59 Å². The molecule has 1 atom stereocenters. The number of ether oxygens (including phenoxy) is 2. The molecule has 1 aliphatic rings. The van der Waals surface area contributed by atoms with E-state index in [1.54, 1.807) is 30.3 Å². The third-order valence-corrected chi connectivity index (χ3v) is 5.96. The number of aliphatic hydroxyl groups excluding tert-OH is 1. The second-order valence-corrected chi connectivity index (χ2v) is 7.68. The van der Waals surface area contributed by atoms with E-state index < -0.39 is 23.5 Å². The van der Waals surface area contributed by atoms with Gasteiger partial charge in [-0.2, -0.15) is 0 Å². The second-order valence-electron chi connectivity index (χ2n) is 7.68. The normalized spacial score (nSPS) is 17.6. The lowest BCUT2D eigenvalue weighted by atomic mass is 9.94. The minimum absolute atomic E-state index is 0.0467. The number of aliphatic hydroxyl groups is 1. The molecular formula is C25H30N2O6. The lowest BCUT2D eigenvalue weighted by molar-refractivity contribution is -0.140. The number of aromatic hydroxyl groups is 1. The van der Waals surface area contributed by atoms with E-state index in [0.29, 0.717) is 30.2 Å². The fraction of sp³-hybridized carbons (Fsp3) is 0.360. The van der Waals surface area contributed by atoms with Gasteiger partial charge in [-0.05, 0) is 42.9 Å². The Balaban J connectivity index is 2.14. The number of hydrogen-bond acceptors (Lipinski definition) is 7. The maximum Gasteiger partial charge on any atom is 0.295 e. The summed E-state index contributed by atoms with van der Waals surface area (Å²) in [6, 6.07) is 10.6. The predicted octanol–water partition coefficient (Wildman–Crippen LogP) is 3.17. The molecule has 1 heterocycles. The SMILES string of the molecule is CCN(CC)CCN1C(=O)C(=O)/C(=C(/O)c2ccc(OC)cc2O)C1c1cccc(OC)c1. The highest BCUT2D eigenvalue weighted by Gasteiger charge is 2.46. The number of likely N-dealkylation sites (N-methyl/N-ethyl adjacent to an activating group) is 1. The number of likely N-dealkylation sites (tertiary alicyclic amines) is 1. The number of nitrogens with zero attached hydrogens (tertiary/aromatic N) is 2. The maximum absolute atomic E-state index is 13.1. The van der Waals surface area contributed by atoms with Crippen molar-refractivity contribution in [2.45, 2.75) is 19.9 Å². The van der Waals surface area contributed by atoms with Crippen molar-refractivity contribution in [2.24, 2.45) is 0 Å². The highest BCUT2D eigenvalue weighted by molar-refractivity contribution is 6.46. The first-order chi connectivity index (χ1) is 15.9. The van der Waals surface area contributed by atoms with E-state index in [1.807, 2.05) is 13.8 Å². The predicted molar refractivity (Wildman–Crippen MR) is 124 cm³/mol. The van der Waals surface area contributed by atoms with Crippen molar-refractivity contribution in [1.29, 1.82) is 0 Å². The van der Waals surface area contributed by atoms with Gasteiger partial charge in [0, 0.05) is 19.2 Å². The van der Waals surface area contributed by atoms with Gasteiger partial charge in [0.15, 0.2) is 0 Å². The largest absolute Gasteiger partial charge is 0.507 e. The molecule has 8 heteroatoms. The van der Waals surface area contributed by atoms with Crippen LogP contribution in [0.25, 0.3) is 5.76 Å². The molecule has 1 saturated heterocycles. The molecule has 0 spiro atoms. The topological polar surface area (TPSA) is 99.5 Å². The van der Waals surface area contributed by atoms with Crippen molar-refractivity contribution >= 4 is 17.4 Å². The molecule has 1 amide bonds. The van der Waals surface area contributed by atoms with E-state index in [-0.39, 0.29) is 16.9 Å². The summed E-state index contributed by atoms with van der Waals surface area (Å²) in [5, 5.41) is 21.6. The first kappa shape index (κ1) is 24.1. The van der Waals surface area contributed by atoms with Crippen molar-refractivity contribution in [3.05, 3.63) is 59.2 Å². The van der Waals surface area contributed by atoms with E-state index in [0.717, 1.165) is 13.1 Å². The van der Waals surface area contributed by atoms with Gasteiger partial charge in [0.2, 0.25) is 0 Å². The lowest BCUT2D eigenvalue weighted by Crippen LogP contribution is -2.38. The van der Waals surface area contributed by atoms with Gasteiger partial charge in [0.25, 0.3) is 11.7 Å². The van der Waals surface area contributed by atoms with Gasteiger partial charge in [-0.15, -0.1) is 0 Å². The Kier molecular flexibility index (Phi) is 7.60. The lowest BCUT2D eigenvalue weighted by Gasteiger charge is -2.28. The van der Waals surface area contributed by atoms with Crippen molar-refractivity contribution in [2.75, 3.05) is 40.4 Å². The van der Waals surface area contributed by atoms with Crippen LogP contribution < -0.4 is 9.47 Å². The number of hydrogen-bond donors (Lipinski definition) is 2. The quantitative estimate of drug-likeness (QED) is 0.341. The van der Waals surface area contributed by atoms with E-state index in [2.05, 4.69) is 4.90 Å². The Morgan fingerprint density at radius 2 is 1.70 bits per heavy atom. The van der Waals surface area contributed by atoms with Crippen LogP contribution >= 0.6 is 0 Å². The molecule has 8 nitrogen and oxygen atoms in total. The molecule has 0 aliphatic carbocycles. The Morgan fingerprint density at radius 1 is 1.03 bits per heavy atom. The average molecular weight is 455 g/mol. The van der Waals surface area contributed by atoms with Crippen LogP contribution in [0.1, 0.15) is 31.0 Å². The van der Waals surface area contributed by atoms with Gasteiger partial charge in [-0.1, -0.05) is 26.0 Å². The van der Waals surface area contributed by atoms with E-state index in [4.69, 9.17) is 9.47 Å². The first-order valence-electron chi connectivity index (χ1n) is 10.9. The molecule has 2 aromatic carbocycles. The number of phenols is 1. The smallest absolute Gasteiger partial charge is 0.295 e. The number of methoxy groups -OCH3 is 2. The van der Waals surface area contributed by atoms with Crippen LogP contribution in [0.15, 0.2) is 48.0 Å². The molecule has 0 saturated carbocycles. The van der Waals surface area contributed by atoms with Crippen molar-refractivity contribution in [1.82, 2.24) is 9.80 Å². The Morgan fingerprint density at radius 3 is 2.30 bits per heavy atom. The standard InChI is InChI=1S/C25H30N2O6/c1-5-26(6-2)12-13-27-22(16-8-7-9-17(14-16)32-3)21(24(30)25(27)31)23(29)19-11-10-18(33-4)15-20(19)28/h7-11,14-15,22,28-29H,5-6,12-13H2,1-4H3/b23-21+. The molecule has 1 fully saturated rings. The number of carbonyl (C=O) groups is 2. The molecule has 1 aliphatic heterocycles. The summed E-state index contributed by atoms with van der Waals surface area (Å²) in [5.74, 6) is -1.22. The number of carbonyl (C=O) groups excluding carboxylic acids is 2. The van der Waals surface area contributed by atoms with Crippen molar-refractivity contribution in [3.8, 4) is 17.2 Å². The fourth-order valence-electron chi connectivity index (χ4n) is 4.04. The summed E-state index contributed by atoms with van der Waals surface area (Å²) in [7, 11) is 2.99. The van der Waals surface area contributed by atoms with Crippen LogP contribution in [0, 0.1) is 0 Å². The minimum Gasteiger partial charge on any atom is -0.507 e. The third kappa shape index (κ3) is 4.80. The summed E-state index contributed by atoms with van der Waals surface area (Å²) in [5.41, 5.74) is 0.598. The van der Waals surface area contributed by atoms with Crippen molar-refractivity contribution < 1.29 is 29.3 Å². The highest BCUT2D eigenvalue weighted by Crippen LogP contribution is 2.41. The number of rotatable bonds is 9. The third-order valence-electron chi connectivity index (χ3n) is 5.96. The number of phenolic OH excluding ortho intramolecular Hbond substituents is 1. The monoisotopic (exact) mass is 454 g/mol. The second kappa shape index (κ2) is 10.4. The summed E-state index contributed by atoms with van der Waals surface area (Å²) in [6.45, 7) is 6.56. The number of ketones is 1. The van der Waals surface area contributed by atoms with Crippen molar-refractivity contribution in [3.63, 3.8) is 0 Å². The molecule has 2 N–H and O–H groups in total. The summed E-state index contributed by atoms with van der Waals surface area (Å²) >= 11 is 0. The van der Waals surface area contributed by atoms with Gasteiger partial charge in [-0.3, -0.25) is 9.59 Å². The van der Waals surface area contributed by atoms with Crippen LogP contribution in [0.5, 0.6) is 17.2 Å². The molecule has 2 aromatic rings. The van der Waals surface area contributed by atoms with Crippen LogP contribution in [0.4, 0.5) is 0 Å². The molecule has 176 valence electrons. The first-order valence-corrected chi connectivity index (χ1v) is 10.9. The Labute approximate surface area is 193 Å². The van der Waals surface area contributed by atoms with Gasteiger partial charge in [-0.25, -0.2) is 0 Å². The molecule has 0 bridgehead atoms. The van der Waals surface area contributed by atoms with Crippen LogP contribution in [-0.4, -0.2) is 72.1 Å². The number of amides is 1. The molecule has 0 radical (unpaired) electrons. The summed E-state index contributed by atoms with van der Waals surface area (Å²) in [6.07, 6.45) is 0. The van der Waals surface area contributed by atoms with Gasteiger partial charge >= 0.3 is 0 Å². The zero-order valence-electron chi connectivity index (χ0n) is 19.4. The minimum atomic E-state index is -0.822. The van der Waals surface area contributed by atoms with Crippen LogP contribution in [0.2, 0.25) is 0 Å². The fourth-order valence-corrected chi connectivity index (χ4v) is 4.04. The van der Waals surface area contributed by atoms with E-state index in [9.17, 15) is 19.8 Å². The average Bonchev–Trinajstić information content (AvgIpc) is 3.09. The van der Waals surface area contributed by atoms with Gasteiger partial charge < -0.3 is 29.5 Å². The Bertz CT molecular complexity index is 1060. The van der Waals surface area contributed by atoms with Crippen LogP contribution in [0.3, 0.4) is 0 Å². The van der Waals surface area contributed by atoms with Gasteiger partial charge in [0.05, 0.1) is 31.4 Å². The molecular weight excluding hydrogens is 424 g/mol. The summed E-state index contributed by atoms with van der Waals surface area (Å²) in [4.78, 5) is 29.8. The zero-order valence-corrected chi connectivity index (χ0v) is 19.4. The molecule has 33 heavy (non-hydrogen) atoms. The molecule has 3 rings (SSSR count). The van der Waals surface area contributed by atoms with Gasteiger partial charge in [0.1, 0.15) is 23.0 Å².